The normalized spacial score (nSPS) is 23.9. The Morgan fingerprint density at radius 1 is 1.47 bits per heavy atom. The van der Waals surface area contributed by atoms with E-state index in [9.17, 15) is 8.42 Å². The molecule has 0 N–H and O–H groups in total. The number of hydrogen-bond acceptors (Lipinski definition) is 5. The van der Waals surface area contributed by atoms with Crippen LogP contribution in [0.3, 0.4) is 0 Å². The number of rotatable bonds is 5. The van der Waals surface area contributed by atoms with E-state index in [-0.39, 0.29) is 16.5 Å². The highest BCUT2D eigenvalue weighted by atomic mass is 32.2. The predicted molar refractivity (Wildman–Crippen MR) is 79.8 cm³/mol. The zero-order valence-electron chi connectivity index (χ0n) is 10.8. The Hall–Kier alpha value is 0.610. The van der Waals surface area contributed by atoms with E-state index in [0.29, 0.717) is 5.75 Å². The van der Waals surface area contributed by atoms with Crippen molar-refractivity contribution in [3.8, 4) is 0 Å². The van der Waals surface area contributed by atoms with Crippen LogP contribution >= 0.6 is 24.4 Å². The van der Waals surface area contributed by atoms with Crippen molar-refractivity contribution < 1.29 is 8.42 Å². The minimum atomic E-state index is -2.97. The lowest BCUT2D eigenvalue weighted by Crippen LogP contribution is -2.51. The summed E-state index contributed by atoms with van der Waals surface area (Å²) in [4.78, 5) is 2.13. The fourth-order valence-corrected chi connectivity index (χ4v) is 5.10. The van der Waals surface area contributed by atoms with E-state index >= 15 is 0 Å². The monoisotopic (exact) mass is 297 g/mol. The maximum Gasteiger partial charge on any atom is 0.166 e. The van der Waals surface area contributed by atoms with Gasteiger partial charge in [0, 0.05) is 30.3 Å². The molecule has 0 aromatic heterocycles. The maximum atomic E-state index is 12.1. The summed E-state index contributed by atoms with van der Waals surface area (Å²) in [5.74, 6) is 2.74. The SMILES string of the molecule is CCS(=O)(=O)C1CSCCN1CC(C)(C)CS. The highest BCUT2D eigenvalue weighted by Gasteiger charge is 2.35. The molecule has 1 heterocycles. The average molecular weight is 298 g/mol. The van der Waals surface area contributed by atoms with Crippen molar-refractivity contribution in [3.63, 3.8) is 0 Å². The van der Waals surface area contributed by atoms with Gasteiger partial charge in [-0.3, -0.25) is 4.90 Å². The van der Waals surface area contributed by atoms with E-state index in [4.69, 9.17) is 0 Å². The van der Waals surface area contributed by atoms with Gasteiger partial charge in [-0.2, -0.15) is 24.4 Å². The molecule has 1 unspecified atom stereocenters. The lowest BCUT2D eigenvalue weighted by Gasteiger charge is -2.39. The third-order valence-corrected chi connectivity index (χ3v) is 7.25. The molecule has 1 aliphatic heterocycles. The number of nitrogens with zero attached hydrogens (tertiary/aromatic N) is 1. The van der Waals surface area contributed by atoms with Crippen molar-refractivity contribution in [2.24, 2.45) is 5.41 Å². The van der Waals surface area contributed by atoms with Crippen LogP contribution in [-0.4, -0.2) is 54.8 Å². The number of thioether (sulfide) groups is 1. The molecule has 17 heavy (non-hydrogen) atoms. The first-order valence-electron chi connectivity index (χ1n) is 5.96. The van der Waals surface area contributed by atoms with Crippen molar-refractivity contribution >= 4 is 34.2 Å². The van der Waals surface area contributed by atoms with Crippen LogP contribution in [0.5, 0.6) is 0 Å². The zero-order valence-corrected chi connectivity index (χ0v) is 13.4. The number of thiol groups is 1. The fourth-order valence-electron chi connectivity index (χ4n) is 1.92. The topological polar surface area (TPSA) is 37.4 Å². The zero-order chi connectivity index (χ0) is 13.1. The molecule has 0 amide bonds. The van der Waals surface area contributed by atoms with Crippen LogP contribution in [0.15, 0.2) is 0 Å². The van der Waals surface area contributed by atoms with Gasteiger partial charge in [-0.05, 0) is 11.2 Å². The quantitative estimate of drug-likeness (QED) is 0.785. The molecule has 0 saturated carbocycles. The third-order valence-electron chi connectivity index (χ3n) is 3.07. The van der Waals surface area contributed by atoms with Gasteiger partial charge in [0.1, 0.15) is 5.37 Å². The van der Waals surface area contributed by atoms with Crippen LogP contribution in [-0.2, 0) is 9.84 Å². The molecular weight excluding hydrogens is 274 g/mol. The molecule has 1 saturated heterocycles. The summed E-state index contributed by atoms with van der Waals surface area (Å²) in [6.07, 6.45) is 0. The molecule has 3 nitrogen and oxygen atoms in total. The first kappa shape index (κ1) is 15.7. The van der Waals surface area contributed by atoms with E-state index in [1.54, 1.807) is 18.7 Å². The van der Waals surface area contributed by atoms with Crippen molar-refractivity contribution in [1.82, 2.24) is 4.90 Å². The van der Waals surface area contributed by atoms with Gasteiger partial charge < -0.3 is 0 Å². The smallest absolute Gasteiger partial charge is 0.166 e. The van der Waals surface area contributed by atoms with Crippen molar-refractivity contribution in [3.05, 3.63) is 0 Å². The minimum Gasteiger partial charge on any atom is -0.285 e. The Morgan fingerprint density at radius 2 is 2.12 bits per heavy atom. The van der Waals surface area contributed by atoms with Gasteiger partial charge in [0.25, 0.3) is 0 Å². The molecule has 1 rings (SSSR count). The summed E-state index contributed by atoms with van der Waals surface area (Å²) in [6, 6.07) is 0. The molecule has 0 radical (unpaired) electrons. The first-order chi connectivity index (χ1) is 7.82. The summed E-state index contributed by atoms with van der Waals surface area (Å²) in [7, 11) is -2.97. The average Bonchev–Trinajstić information content (AvgIpc) is 2.29. The summed E-state index contributed by atoms with van der Waals surface area (Å²) >= 11 is 6.09. The molecule has 102 valence electrons. The Labute approximate surface area is 115 Å². The number of sulfone groups is 1. The molecule has 0 aromatic rings. The van der Waals surface area contributed by atoms with Crippen LogP contribution < -0.4 is 0 Å². The molecule has 0 spiro atoms. The Morgan fingerprint density at radius 3 is 2.65 bits per heavy atom. The van der Waals surface area contributed by atoms with Gasteiger partial charge in [-0.15, -0.1) is 0 Å². The largest absolute Gasteiger partial charge is 0.285 e. The summed E-state index contributed by atoms with van der Waals surface area (Å²) in [6.45, 7) is 7.68. The first-order valence-corrected chi connectivity index (χ1v) is 9.47. The minimum absolute atomic E-state index is 0.0621. The number of hydrogen-bond donors (Lipinski definition) is 1. The molecule has 0 aliphatic carbocycles. The van der Waals surface area contributed by atoms with Gasteiger partial charge in [0.2, 0.25) is 0 Å². The van der Waals surface area contributed by atoms with E-state index in [1.807, 2.05) is 0 Å². The molecule has 0 bridgehead atoms. The molecular formula is C11H23NO2S3. The molecule has 6 heteroatoms. The summed E-state index contributed by atoms with van der Waals surface area (Å²) in [5.41, 5.74) is 0.0621. The van der Waals surface area contributed by atoms with Gasteiger partial charge >= 0.3 is 0 Å². The predicted octanol–water partition coefficient (Wildman–Crippen LogP) is 1.75. The standard InChI is InChI=1S/C11H23NO2S3/c1-4-17(13,14)10-7-16-6-5-12(10)8-11(2,3)9-15/h10,15H,4-9H2,1-3H3. The highest BCUT2D eigenvalue weighted by Crippen LogP contribution is 2.26. The molecule has 1 fully saturated rings. The van der Waals surface area contributed by atoms with E-state index < -0.39 is 9.84 Å². The molecule has 1 atom stereocenters. The van der Waals surface area contributed by atoms with E-state index in [0.717, 1.165) is 24.6 Å². The van der Waals surface area contributed by atoms with Crippen LogP contribution in [0.1, 0.15) is 20.8 Å². The van der Waals surface area contributed by atoms with Crippen LogP contribution in [0.2, 0.25) is 0 Å². The lowest BCUT2D eigenvalue weighted by atomic mass is 9.95. The fraction of sp³-hybridized carbons (Fsp3) is 1.00. The summed E-state index contributed by atoms with van der Waals surface area (Å²) < 4.78 is 24.1. The maximum absolute atomic E-state index is 12.1. The second-order valence-corrected chi connectivity index (χ2v) is 9.19. The Kier molecular flexibility index (Phi) is 5.69. The lowest BCUT2D eigenvalue weighted by molar-refractivity contribution is 0.191. The second-order valence-electron chi connectivity index (χ2n) is 5.27. The van der Waals surface area contributed by atoms with E-state index in [2.05, 4.69) is 31.4 Å². The van der Waals surface area contributed by atoms with Crippen molar-refractivity contribution in [1.29, 1.82) is 0 Å². The molecule has 0 aromatic carbocycles. The van der Waals surface area contributed by atoms with E-state index in [1.165, 1.54) is 0 Å². The van der Waals surface area contributed by atoms with Gasteiger partial charge in [-0.1, -0.05) is 20.8 Å². The second kappa shape index (κ2) is 6.17. The van der Waals surface area contributed by atoms with Crippen molar-refractivity contribution in [2.75, 3.05) is 36.1 Å². The molecule has 1 aliphatic rings. The van der Waals surface area contributed by atoms with Crippen LogP contribution in [0.4, 0.5) is 0 Å². The van der Waals surface area contributed by atoms with Gasteiger partial charge in [0.05, 0.1) is 0 Å². The van der Waals surface area contributed by atoms with Crippen molar-refractivity contribution in [2.45, 2.75) is 26.1 Å². The van der Waals surface area contributed by atoms with Gasteiger partial charge in [-0.25, -0.2) is 8.42 Å². The third kappa shape index (κ3) is 4.33. The Bertz CT molecular complexity index is 341. The van der Waals surface area contributed by atoms with Crippen LogP contribution in [0.25, 0.3) is 0 Å². The highest BCUT2D eigenvalue weighted by molar-refractivity contribution is 8.01. The van der Waals surface area contributed by atoms with Gasteiger partial charge in [0.15, 0.2) is 9.84 Å². The van der Waals surface area contributed by atoms with Crippen LogP contribution in [0, 0.1) is 5.41 Å². The Balaban J connectivity index is 2.80. The summed E-state index contributed by atoms with van der Waals surface area (Å²) in [5, 5.41) is -0.301.